The third-order valence-corrected chi connectivity index (χ3v) is 4.03. The van der Waals surface area contributed by atoms with Crippen molar-refractivity contribution in [2.24, 2.45) is 0 Å². The second-order valence-corrected chi connectivity index (χ2v) is 5.80. The van der Waals surface area contributed by atoms with E-state index >= 15 is 0 Å². The van der Waals surface area contributed by atoms with Crippen molar-refractivity contribution in [3.8, 4) is 5.75 Å². The van der Waals surface area contributed by atoms with E-state index in [4.69, 9.17) is 11.6 Å². The first kappa shape index (κ1) is 14.9. The van der Waals surface area contributed by atoms with Crippen LogP contribution < -0.4 is 5.32 Å². The Bertz CT molecular complexity index is 686. The van der Waals surface area contributed by atoms with E-state index in [0.29, 0.717) is 16.3 Å². The molecule has 2 aromatic rings. The van der Waals surface area contributed by atoms with Crippen molar-refractivity contribution in [3.63, 3.8) is 0 Å². The fraction of sp³-hybridized carbons (Fsp3) is 0.133. The molecule has 0 aromatic heterocycles. The van der Waals surface area contributed by atoms with Crippen molar-refractivity contribution < 1.29 is 9.90 Å². The minimum absolute atomic E-state index is 0.0960. The van der Waals surface area contributed by atoms with E-state index in [-0.39, 0.29) is 11.7 Å². The van der Waals surface area contributed by atoms with Crippen molar-refractivity contribution in [2.75, 3.05) is 5.32 Å². The van der Waals surface area contributed by atoms with Gasteiger partial charge in [0.15, 0.2) is 0 Å². The van der Waals surface area contributed by atoms with E-state index in [9.17, 15) is 9.90 Å². The summed E-state index contributed by atoms with van der Waals surface area (Å²) in [6, 6.07) is 8.32. The zero-order chi connectivity index (χ0) is 14.9. The molecule has 0 aliphatic rings. The largest absolute Gasteiger partial charge is 0.508 e. The summed E-state index contributed by atoms with van der Waals surface area (Å²) >= 11 is 9.43. The van der Waals surface area contributed by atoms with E-state index in [1.807, 2.05) is 13.0 Å². The Morgan fingerprint density at radius 1 is 1.20 bits per heavy atom. The zero-order valence-corrected chi connectivity index (χ0v) is 13.3. The molecule has 20 heavy (non-hydrogen) atoms. The number of aryl methyl sites for hydroxylation is 2. The first-order valence-corrected chi connectivity index (χ1v) is 7.12. The number of carbonyl (C=O) groups is 1. The topological polar surface area (TPSA) is 49.3 Å². The van der Waals surface area contributed by atoms with Crippen LogP contribution in [0.3, 0.4) is 0 Å². The number of nitrogens with one attached hydrogen (secondary N) is 1. The highest BCUT2D eigenvalue weighted by Crippen LogP contribution is 2.29. The Kier molecular flexibility index (Phi) is 4.35. The van der Waals surface area contributed by atoms with Crippen LogP contribution in [0.25, 0.3) is 0 Å². The second-order valence-electron chi connectivity index (χ2n) is 4.54. The predicted octanol–water partition coefficient (Wildman–Crippen LogP) is 4.68. The van der Waals surface area contributed by atoms with Gasteiger partial charge in [0.2, 0.25) is 0 Å². The van der Waals surface area contributed by atoms with Crippen LogP contribution in [0.1, 0.15) is 21.5 Å². The van der Waals surface area contributed by atoms with Crippen LogP contribution in [0, 0.1) is 13.8 Å². The molecule has 2 N–H and O–H groups in total. The Hall–Kier alpha value is -1.52. The smallest absolute Gasteiger partial charge is 0.255 e. The molecular formula is C15H13BrClNO2. The van der Waals surface area contributed by atoms with Crippen LogP contribution in [-0.4, -0.2) is 11.0 Å². The Labute approximate surface area is 130 Å². The molecule has 0 radical (unpaired) electrons. The van der Waals surface area contributed by atoms with E-state index in [1.165, 1.54) is 6.07 Å². The average molecular weight is 355 g/mol. The van der Waals surface area contributed by atoms with Crippen molar-refractivity contribution in [2.45, 2.75) is 13.8 Å². The molecular weight excluding hydrogens is 342 g/mol. The van der Waals surface area contributed by atoms with Gasteiger partial charge in [0.1, 0.15) is 5.75 Å². The van der Waals surface area contributed by atoms with Crippen LogP contribution >= 0.6 is 27.5 Å². The maximum atomic E-state index is 12.1. The number of rotatable bonds is 2. The molecule has 0 fully saturated rings. The highest BCUT2D eigenvalue weighted by Gasteiger charge is 2.11. The van der Waals surface area contributed by atoms with Gasteiger partial charge in [-0.05, 0) is 65.2 Å². The van der Waals surface area contributed by atoms with E-state index in [2.05, 4.69) is 21.2 Å². The van der Waals surface area contributed by atoms with Crippen LogP contribution in [0.2, 0.25) is 5.02 Å². The summed E-state index contributed by atoms with van der Waals surface area (Å²) < 4.78 is 0.754. The fourth-order valence-corrected chi connectivity index (χ4v) is 2.41. The normalized spacial score (nSPS) is 10.4. The monoisotopic (exact) mass is 353 g/mol. The van der Waals surface area contributed by atoms with Gasteiger partial charge in [0.25, 0.3) is 5.91 Å². The molecule has 0 aliphatic carbocycles. The summed E-state index contributed by atoms with van der Waals surface area (Å²) in [7, 11) is 0. The van der Waals surface area contributed by atoms with Crippen molar-refractivity contribution >= 4 is 39.1 Å². The lowest BCUT2D eigenvalue weighted by atomic mass is 10.1. The molecule has 2 rings (SSSR count). The third kappa shape index (κ3) is 3.14. The number of aromatic hydroxyl groups is 1. The summed E-state index contributed by atoms with van der Waals surface area (Å²) in [5.74, 6) is -0.209. The molecule has 2 aromatic carbocycles. The molecule has 0 saturated carbocycles. The maximum absolute atomic E-state index is 12.1. The number of benzene rings is 2. The number of phenolic OH excluding ortho intramolecular Hbond substituents is 1. The van der Waals surface area contributed by atoms with Gasteiger partial charge in [-0.2, -0.15) is 0 Å². The molecule has 0 atom stereocenters. The van der Waals surface area contributed by atoms with Gasteiger partial charge in [-0.1, -0.05) is 17.7 Å². The summed E-state index contributed by atoms with van der Waals surface area (Å²) in [4.78, 5) is 12.1. The minimum Gasteiger partial charge on any atom is -0.508 e. The summed E-state index contributed by atoms with van der Waals surface area (Å²) in [6.07, 6.45) is 0. The second kappa shape index (κ2) is 5.85. The summed E-state index contributed by atoms with van der Waals surface area (Å²) in [5.41, 5.74) is 2.62. The Balaban J connectivity index is 2.27. The molecule has 0 spiro atoms. The first-order valence-electron chi connectivity index (χ1n) is 5.95. The summed E-state index contributed by atoms with van der Waals surface area (Å²) in [6.45, 7) is 3.66. The number of halogens is 2. The van der Waals surface area contributed by atoms with Crippen LogP contribution in [0.4, 0.5) is 5.69 Å². The zero-order valence-electron chi connectivity index (χ0n) is 11.0. The van der Waals surface area contributed by atoms with E-state index in [1.54, 1.807) is 25.1 Å². The Morgan fingerprint density at radius 2 is 1.90 bits per heavy atom. The molecule has 1 amide bonds. The lowest BCUT2D eigenvalue weighted by Gasteiger charge is -2.10. The number of amides is 1. The van der Waals surface area contributed by atoms with Crippen molar-refractivity contribution in [3.05, 3.63) is 56.5 Å². The molecule has 0 aliphatic heterocycles. The lowest BCUT2D eigenvalue weighted by molar-refractivity contribution is 0.102. The standard InChI is InChI=1S/C15H13BrClNO2/c1-8-3-4-10(6-14(8)19)15(20)18-13-7-12(17)9(2)5-11(13)16/h3-7,19H,1-2H3,(H,18,20). The van der Waals surface area contributed by atoms with Crippen molar-refractivity contribution in [1.82, 2.24) is 0 Å². The molecule has 104 valence electrons. The van der Waals surface area contributed by atoms with Gasteiger partial charge in [-0.15, -0.1) is 0 Å². The van der Waals surface area contributed by atoms with Gasteiger partial charge in [0, 0.05) is 15.1 Å². The third-order valence-electron chi connectivity index (χ3n) is 2.97. The van der Waals surface area contributed by atoms with Gasteiger partial charge in [0.05, 0.1) is 5.69 Å². The number of hydrogen-bond donors (Lipinski definition) is 2. The highest BCUT2D eigenvalue weighted by molar-refractivity contribution is 9.10. The summed E-state index contributed by atoms with van der Waals surface area (Å²) in [5, 5.41) is 13.0. The first-order chi connectivity index (χ1) is 9.38. The average Bonchev–Trinajstić information content (AvgIpc) is 2.39. The van der Waals surface area contributed by atoms with E-state index in [0.717, 1.165) is 15.6 Å². The number of hydrogen-bond acceptors (Lipinski definition) is 2. The molecule has 0 heterocycles. The SMILES string of the molecule is Cc1ccc(C(=O)Nc2cc(Cl)c(C)cc2Br)cc1O. The molecule has 5 heteroatoms. The number of anilines is 1. The molecule has 0 unspecified atom stereocenters. The quantitative estimate of drug-likeness (QED) is 0.823. The van der Waals surface area contributed by atoms with Crippen molar-refractivity contribution in [1.29, 1.82) is 0 Å². The highest BCUT2D eigenvalue weighted by atomic mass is 79.9. The van der Waals surface area contributed by atoms with Crippen LogP contribution in [0.15, 0.2) is 34.8 Å². The lowest BCUT2D eigenvalue weighted by Crippen LogP contribution is -2.12. The molecule has 0 bridgehead atoms. The molecule has 3 nitrogen and oxygen atoms in total. The minimum atomic E-state index is -0.305. The Morgan fingerprint density at radius 3 is 2.55 bits per heavy atom. The fourth-order valence-electron chi connectivity index (χ4n) is 1.69. The van der Waals surface area contributed by atoms with Gasteiger partial charge in [-0.25, -0.2) is 0 Å². The van der Waals surface area contributed by atoms with Crippen LogP contribution in [0.5, 0.6) is 5.75 Å². The van der Waals surface area contributed by atoms with Crippen LogP contribution in [-0.2, 0) is 0 Å². The van der Waals surface area contributed by atoms with Gasteiger partial charge >= 0.3 is 0 Å². The maximum Gasteiger partial charge on any atom is 0.255 e. The predicted molar refractivity (Wildman–Crippen MR) is 84.7 cm³/mol. The van der Waals surface area contributed by atoms with Gasteiger partial charge in [-0.3, -0.25) is 4.79 Å². The van der Waals surface area contributed by atoms with Gasteiger partial charge < -0.3 is 10.4 Å². The van der Waals surface area contributed by atoms with E-state index < -0.39 is 0 Å². The molecule has 0 saturated heterocycles. The number of carbonyl (C=O) groups excluding carboxylic acids is 1. The number of phenols is 1.